The molecule has 7 nitrogen and oxygen atoms in total. The predicted octanol–water partition coefficient (Wildman–Crippen LogP) is 3.96. The van der Waals surface area contributed by atoms with Gasteiger partial charge in [-0.15, -0.1) is 0 Å². The molecule has 31 heavy (non-hydrogen) atoms. The second-order valence-corrected chi connectivity index (χ2v) is 7.78. The second-order valence-electron chi connectivity index (χ2n) is 7.78. The topological polar surface area (TPSA) is 74.0 Å². The van der Waals surface area contributed by atoms with Crippen LogP contribution in [0.2, 0.25) is 0 Å². The van der Waals surface area contributed by atoms with Crippen molar-refractivity contribution in [3.05, 3.63) is 53.9 Å². The molecule has 0 spiro atoms. The molecule has 1 aromatic heterocycles. The number of ether oxygens (including phenoxy) is 3. The van der Waals surface area contributed by atoms with Crippen molar-refractivity contribution in [1.82, 2.24) is 9.88 Å². The molecule has 1 unspecified atom stereocenters. The summed E-state index contributed by atoms with van der Waals surface area (Å²) in [7, 11) is 3.29. The Bertz CT molecular complexity index is 1030. The van der Waals surface area contributed by atoms with E-state index in [4.69, 9.17) is 18.6 Å². The summed E-state index contributed by atoms with van der Waals surface area (Å²) in [5.41, 5.74) is 2.01. The van der Waals surface area contributed by atoms with Crippen molar-refractivity contribution in [3.63, 3.8) is 0 Å². The van der Waals surface area contributed by atoms with Gasteiger partial charge in [0.2, 0.25) is 0 Å². The van der Waals surface area contributed by atoms with Gasteiger partial charge in [-0.05, 0) is 43.2 Å². The number of benzene rings is 2. The van der Waals surface area contributed by atoms with Crippen LogP contribution in [0.15, 0.2) is 46.9 Å². The molecule has 2 aromatic carbocycles. The number of rotatable bonds is 8. The minimum Gasteiger partial charge on any atom is -0.497 e. The number of hydrogen-bond donors (Lipinski definition) is 0. The SMILES string of the molecule is COCCc1nc2ccc(C(=O)N3CCCC(COc4cccc(OC)c4)C3)cc2o1. The van der Waals surface area contributed by atoms with Crippen molar-refractivity contribution in [2.75, 3.05) is 40.5 Å². The van der Waals surface area contributed by atoms with Gasteiger partial charge in [0.1, 0.15) is 17.0 Å². The number of carbonyl (C=O) groups is 1. The van der Waals surface area contributed by atoms with Gasteiger partial charge in [0.25, 0.3) is 5.91 Å². The summed E-state index contributed by atoms with van der Waals surface area (Å²) in [4.78, 5) is 19.5. The smallest absolute Gasteiger partial charge is 0.254 e. The number of fused-ring (bicyclic) bond motifs is 1. The van der Waals surface area contributed by atoms with Crippen LogP contribution in [0, 0.1) is 5.92 Å². The van der Waals surface area contributed by atoms with Crippen LogP contribution in [0.4, 0.5) is 0 Å². The molecule has 1 amide bonds. The van der Waals surface area contributed by atoms with Gasteiger partial charge < -0.3 is 23.5 Å². The summed E-state index contributed by atoms with van der Waals surface area (Å²) in [6, 6.07) is 13.0. The van der Waals surface area contributed by atoms with Crippen molar-refractivity contribution < 1.29 is 23.4 Å². The van der Waals surface area contributed by atoms with E-state index in [0.717, 1.165) is 36.4 Å². The average Bonchev–Trinajstić information content (AvgIpc) is 3.23. The molecule has 1 atom stereocenters. The van der Waals surface area contributed by atoms with Gasteiger partial charge in [-0.3, -0.25) is 4.79 Å². The number of hydrogen-bond acceptors (Lipinski definition) is 6. The zero-order chi connectivity index (χ0) is 21.6. The third-order valence-electron chi connectivity index (χ3n) is 5.53. The van der Waals surface area contributed by atoms with Gasteiger partial charge in [-0.2, -0.15) is 0 Å². The van der Waals surface area contributed by atoms with Crippen LogP contribution in [0.3, 0.4) is 0 Å². The molecule has 0 aliphatic carbocycles. The van der Waals surface area contributed by atoms with E-state index in [2.05, 4.69) is 4.98 Å². The summed E-state index contributed by atoms with van der Waals surface area (Å²) in [5, 5.41) is 0. The molecule has 3 aromatic rings. The molecule has 4 rings (SSSR count). The van der Waals surface area contributed by atoms with Crippen molar-refractivity contribution in [1.29, 1.82) is 0 Å². The number of oxazole rings is 1. The number of piperidine rings is 1. The fraction of sp³-hybridized carbons (Fsp3) is 0.417. The number of amides is 1. The molecule has 0 N–H and O–H groups in total. The molecule has 7 heteroatoms. The quantitative estimate of drug-likeness (QED) is 0.545. The first-order valence-electron chi connectivity index (χ1n) is 10.6. The fourth-order valence-corrected chi connectivity index (χ4v) is 3.87. The number of methoxy groups -OCH3 is 2. The highest BCUT2D eigenvalue weighted by molar-refractivity contribution is 5.97. The maximum absolute atomic E-state index is 13.1. The van der Waals surface area contributed by atoms with Crippen molar-refractivity contribution >= 4 is 17.0 Å². The highest BCUT2D eigenvalue weighted by atomic mass is 16.5. The maximum atomic E-state index is 13.1. The van der Waals surface area contributed by atoms with Gasteiger partial charge >= 0.3 is 0 Å². The molecule has 0 saturated carbocycles. The van der Waals surface area contributed by atoms with Gasteiger partial charge in [0.15, 0.2) is 11.5 Å². The Morgan fingerprint density at radius 1 is 1.19 bits per heavy atom. The predicted molar refractivity (Wildman–Crippen MR) is 117 cm³/mol. The van der Waals surface area contributed by atoms with Gasteiger partial charge in [0, 0.05) is 44.2 Å². The van der Waals surface area contributed by atoms with E-state index in [-0.39, 0.29) is 5.91 Å². The lowest BCUT2D eigenvalue weighted by atomic mass is 9.98. The van der Waals surface area contributed by atoms with Crippen LogP contribution in [0.25, 0.3) is 11.1 Å². The number of likely N-dealkylation sites (tertiary alicyclic amines) is 1. The average molecular weight is 424 g/mol. The van der Waals surface area contributed by atoms with Crippen LogP contribution in [-0.4, -0.2) is 56.3 Å². The van der Waals surface area contributed by atoms with Gasteiger partial charge in [0.05, 0.1) is 20.3 Å². The molecular weight excluding hydrogens is 396 g/mol. The summed E-state index contributed by atoms with van der Waals surface area (Å²) in [6.45, 7) is 2.55. The zero-order valence-electron chi connectivity index (χ0n) is 18.0. The van der Waals surface area contributed by atoms with E-state index in [1.165, 1.54) is 0 Å². The first kappa shape index (κ1) is 21.2. The molecule has 0 bridgehead atoms. The van der Waals surface area contributed by atoms with E-state index in [1.54, 1.807) is 20.3 Å². The van der Waals surface area contributed by atoms with E-state index < -0.39 is 0 Å². The molecule has 2 heterocycles. The number of nitrogens with zero attached hydrogens (tertiary/aromatic N) is 2. The maximum Gasteiger partial charge on any atom is 0.254 e. The minimum absolute atomic E-state index is 0.0165. The number of aromatic nitrogens is 1. The molecule has 1 fully saturated rings. The van der Waals surface area contributed by atoms with E-state index >= 15 is 0 Å². The third kappa shape index (κ3) is 5.17. The van der Waals surface area contributed by atoms with Crippen LogP contribution in [0.1, 0.15) is 29.1 Å². The molecule has 164 valence electrons. The second kappa shape index (κ2) is 9.83. The Balaban J connectivity index is 1.38. The van der Waals surface area contributed by atoms with Crippen molar-refractivity contribution in [3.8, 4) is 11.5 Å². The van der Waals surface area contributed by atoms with Crippen LogP contribution < -0.4 is 9.47 Å². The number of carbonyl (C=O) groups excluding carboxylic acids is 1. The monoisotopic (exact) mass is 424 g/mol. The zero-order valence-corrected chi connectivity index (χ0v) is 18.0. The molecular formula is C24H28N2O5. The molecule has 1 aliphatic heterocycles. The summed E-state index contributed by atoms with van der Waals surface area (Å²) >= 11 is 0. The third-order valence-corrected chi connectivity index (χ3v) is 5.53. The summed E-state index contributed by atoms with van der Waals surface area (Å²) < 4.78 is 22.1. The highest BCUT2D eigenvalue weighted by Crippen LogP contribution is 2.24. The Labute approximate surface area is 181 Å². The Kier molecular flexibility index (Phi) is 6.72. The molecule has 1 aliphatic rings. The lowest BCUT2D eigenvalue weighted by Gasteiger charge is -2.32. The first-order valence-corrected chi connectivity index (χ1v) is 10.6. The van der Waals surface area contributed by atoms with Crippen LogP contribution in [0.5, 0.6) is 11.5 Å². The standard InChI is InChI=1S/C24H28N2O5/c1-28-12-10-23-25-21-9-8-18(13-22(21)31-23)24(27)26-11-4-5-17(15-26)16-30-20-7-3-6-19(14-20)29-2/h3,6-9,13-14,17H,4-5,10-12,15-16H2,1-2H3. The van der Waals surface area contributed by atoms with Gasteiger partial charge in [-0.1, -0.05) is 6.07 Å². The first-order chi connectivity index (χ1) is 15.2. The Hall–Kier alpha value is -3.06. The fourth-order valence-electron chi connectivity index (χ4n) is 3.87. The summed E-state index contributed by atoms with van der Waals surface area (Å²) in [6.07, 6.45) is 2.61. The van der Waals surface area contributed by atoms with E-state index in [1.807, 2.05) is 41.3 Å². The highest BCUT2D eigenvalue weighted by Gasteiger charge is 2.25. The summed E-state index contributed by atoms with van der Waals surface area (Å²) in [5.74, 6) is 2.48. The molecule has 0 radical (unpaired) electrons. The van der Waals surface area contributed by atoms with Gasteiger partial charge in [-0.25, -0.2) is 4.98 Å². The Morgan fingerprint density at radius 3 is 2.90 bits per heavy atom. The van der Waals surface area contributed by atoms with Crippen molar-refractivity contribution in [2.24, 2.45) is 5.92 Å². The van der Waals surface area contributed by atoms with E-state index in [0.29, 0.717) is 49.1 Å². The normalized spacial score (nSPS) is 16.5. The Morgan fingerprint density at radius 2 is 2.06 bits per heavy atom. The van der Waals surface area contributed by atoms with E-state index in [9.17, 15) is 4.79 Å². The molecule has 1 saturated heterocycles. The lowest BCUT2D eigenvalue weighted by molar-refractivity contribution is 0.0633. The van der Waals surface area contributed by atoms with Crippen LogP contribution in [-0.2, 0) is 11.2 Å². The largest absolute Gasteiger partial charge is 0.497 e. The van der Waals surface area contributed by atoms with Crippen molar-refractivity contribution in [2.45, 2.75) is 19.3 Å². The lowest BCUT2D eigenvalue weighted by Crippen LogP contribution is -2.41. The minimum atomic E-state index is 0.0165. The van der Waals surface area contributed by atoms with Crippen LogP contribution >= 0.6 is 0 Å².